The molecular weight excluding hydrogens is 214 g/mol. The van der Waals surface area contributed by atoms with Crippen LogP contribution in [0.5, 0.6) is 0 Å². The molecule has 2 N–H and O–H groups in total. The molecule has 1 unspecified atom stereocenters. The van der Waals surface area contributed by atoms with Crippen molar-refractivity contribution in [1.29, 1.82) is 0 Å². The zero-order chi connectivity index (χ0) is 12.7. The monoisotopic (exact) mass is 239 g/mol. The molecule has 1 heterocycles. The second kappa shape index (κ2) is 7.45. The zero-order valence-corrected chi connectivity index (χ0v) is 11.4. The van der Waals surface area contributed by atoms with Gasteiger partial charge in [0.2, 0.25) is 0 Å². The standard InChI is InChI=1S/C13H25N3O/c1-5-12(17-6-2)13-15-9-11(16-13)8-14-7-10(3)4/h9-10,12,14H,5-8H2,1-4H3,(H,15,16). The van der Waals surface area contributed by atoms with Gasteiger partial charge in [-0.05, 0) is 25.8 Å². The number of rotatable bonds is 8. The van der Waals surface area contributed by atoms with Gasteiger partial charge >= 0.3 is 0 Å². The van der Waals surface area contributed by atoms with Gasteiger partial charge < -0.3 is 15.0 Å². The fourth-order valence-electron chi connectivity index (χ4n) is 1.72. The van der Waals surface area contributed by atoms with Crippen molar-refractivity contribution in [3.05, 3.63) is 17.7 Å². The Morgan fingerprint density at radius 2 is 2.18 bits per heavy atom. The zero-order valence-electron chi connectivity index (χ0n) is 11.4. The Morgan fingerprint density at radius 3 is 2.76 bits per heavy atom. The Bertz CT molecular complexity index is 309. The smallest absolute Gasteiger partial charge is 0.135 e. The summed E-state index contributed by atoms with van der Waals surface area (Å²) in [5, 5.41) is 3.39. The Labute approximate surface area is 104 Å². The third kappa shape index (κ3) is 4.88. The summed E-state index contributed by atoms with van der Waals surface area (Å²) in [7, 11) is 0. The van der Waals surface area contributed by atoms with Crippen LogP contribution in [0.3, 0.4) is 0 Å². The molecule has 0 fully saturated rings. The third-order valence-electron chi connectivity index (χ3n) is 2.56. The molecule has 0 bridgehead atoms. The van der Waals surface area contributed by atoms with Gasteiger partial charge in [0.25, 0.3) is 0 Å². The van der Waals surface area contributed by atoms with Crippen molar-refractivity contribution in [2.45, 2.75) is 46.8 Å². The summed E-state index contributed by atoms with van der Waals surface area (Å²) in [6.07, 6.45) is 2.93. The summed E-state index contributed by atoms with van der Waals surface area (Å²) in [5.74, 6) is 1.61. The van der Waals surface area contributed by atoms with Crippen LogP contribution in [-0.4, -0.2) is 23.1 Å². The summed E-state index contributed by atoms with van der Waals surface area (Å²) in [5.41, 5.74) is 1.12. The largest absolute Gasteiger partial charge is 0.371 e. The van der Waals surface area contributed by atoms with Crippen molar-refractivity contribution in [1.82, 2.24) is 15.3 Å². The van der Waals surface area contributed by atoms with Gasteiger partial charge in [-0.15, -0.1) is 0 Å². The fourth-order valence-corrected chi connectivity index (χ4v) is 1.72. The quantitative estimate of drug-likeness (QED) is 0.733. The molecule has 0 saturated heterocycles. The van der Waals surface area contributed by atoms with Crippen LogP contribution in [0.4, 0.5) is 0 Å². The van der Waals surface area contributed by atoms with E-state index in [1.807, 2.05) is 13.1 Å². The molecule has 1 atom stereocenters. The Morgan fingerprint density at radius 1 is 1.41 bits per heavy atom. The maximum Gasteiger partial charge on any atom is 0.135 e. The highest BCUT2D eigenvalue weighted by atomic mass is 16.5. The van der Waals surface area contributed by atoms with E-state index in [0.717, 1.165) is 37.6 Å². The van der Waals surface area contributed by atoms with Crippen LogP contribution < -0.4 is 5.32 Å². The van der Waals surface area contributed by atoms with Gasteiger partial charge in [0, 0.05) is 25.0 Å². The highest BCUT2D eigenvalue weighted by Crippen LogP contribution is 2.17. The molecule has 0 spiro atoms. The van der Waals surface area contributed by atoms with Crippen molar-refractivity contribution in [2.24, 2.45) is 5.92 Å². The molecule has 98 valence electrons. The molecule has 0 aromatic carbocycles. The second-order valence-electron chi connectivity index (χ2n) is 4.67. The summed E-state index contributed by atoms with van der Waals surface area (Å²) in [6, 6.07) is 0. The molecule has 0 amide bonds. The van der Waals surface area contributed by atoms with E-state index in [4.69, 9.17) is 4.74 Å². The first-order valence-corrected chi connectivity index (χ1v) is 6.53. The number of ether oxygens (including phenoxy) is 1. The first kappa shape index (κ1) is 14.2. The van der Waals surface area contributed by atoms with E-state index in [0.29, 0.717) is 5.92 Å². The highest BCUT2D eigenvalue weighted by molar-refractivity contribution is 5.03. The van der Waals surface area contributed by atoms with Crippen molar-refractivity contribution in [3.8, 4) is 0 Å². The number of imidazole rings is 1. The van der Waals surface area contributed by atoms with Gasteiger partial charge in [-0.3, -0.25) is 0 Å². The van der Waals surface area contributed by atoms with Crippen LogP contribution in [0.25, 0.3) is 0 Å². The minimum Gasteiger partial charge on any atom is -0.371 e. The molecule has 0 aliphatic rings. The number of nitrogens with zero attached hydrogens (tertiary/aromatic N) is 1. The van der Waals surface area contributed by atoms with Gasteiger partial charge in [-0.25, -0.2) is 4.98 Å². The molecule has 1 aromatic heterocycles. The van der Waals surface area contributed by atoms with Crippen LogP contribution >= 0.6 is 0 Å². The van der Waals surface area contributed by atoms with Crippen LogP contribution in [0.2, 0.25) is 0 Å². The second-order valence-corrected chi connectivity index (χ2v) is 4.67. The van der Waals surface area contributed by atoms with E-state index >= 15 is 0 Å². The lowest BCUT2D eigenvalue weighted by Gasteiger charge is -2.11. The number of hydrogen-bond donors (Lipinski definition) is 2. The minimum atomic E-state index is 0.0962. The van der Waals surface area contributed by atoms with Crippen LogP contribution in [-0.2, 0) is 11.3 Å². The summed E-state index contributed by atoms with van der Waals surface area (Å²) in [6.45, 7) is 11.1. The minimum absolute atomic E-state index is 0.0962. The van der Waals surface area contributed by atoms with Gasteiger partial charge in [-0.2, -0.15) is 0 Å². The Kier molecular flexibility index (Phi) is 6.22. The number of nitrogens with one attached hydrogen (secondary N) is 2. The summed E-state index contributed by atoms with van der Waals surface area (Å²) >= 11 is 0. The van der Waals surface area contributed by atoms with Crippen LogP contribution in [0.15, 0.2) is 6.20 Å². The molecule has 0 aliphatic heterocycles. The van der Waals surface area contributed by atoms with E-state index in [9.17, 15) is 0 Å². The predicted octanol–water partition coefficient (Wildman–Crippen LogP) is 2.64. The lowest BCUT2D eigenvalue weighted by atomic mass is 10.2. The fraction of sp³-hybridized carbons (Fsp3) is 0.769. The number of aromatic nitrogens is 2. The Balaban J connectivity index is 2.46. The normalized spacial score (nSPS) is 13.2. The maximum absolute atomic E-state index is 5.62. The first-order chi connectivity index (χ1) is 8.17. The molecule has 0 saturated carbocycles. The number of aromatic amines is 1. The highest BCUT2D eigenvalue weighted by Gasteiger charge is 2.12. The molecule has 0 radical (unpaired) electrons. The van der Waals surface area contributed by atoms with Gasteiger partial charge in [0.1, 0.15) is 11.9 Å². The average Bonchev–Trinajstić information content (AvgIpc) is 2.74. The molecule has 1 aromatic rings. The maximum atomic E-state index is 5.62. The van der Waals surface area contributed by atoms with Crippen LogP contribution in [0.1, 0.15) is 51.7 Å². The van der Waals surface area contributed by atoms with Gasteiger partial charge in [0.15, 0.2) is 0 Å². The number of hydrogen-bond acceptors (Lipinski definition) is 3. The van der Waals surface area contributed by atoms with Gasteiger partial charge in [-0.1, -0.05) is 20.8 Å². The van der Waals surface area contributed by atoms with Crippen molar-refractivity contribution >= 4 is 0 Å². The predicted molar refractivity (Wildman–Crippen MR) is 69.8 cm³/mol. The molecule has 4 heteroatoms. The lowest BCUT2D eigenvalue weighted by molar-refractivity contribution is 0.0540. The van der Waals surface area contributed by atoms with E-state index in [1.165, 1.54) is 0 Å². The van der Waals surface area contributed by atoms with Crippen molar-refractivity contribution in [3.63, 3.8) is 0 Å². The van der Waals surface area contributed by atoms with E-state index in [1.54, 1.807) is 0 Å². The lowest BCUT2D eigenvalue weighted by Crippen LogP contribution is -2.19. The van der Waals surface area contributed by atoms with Gasteiger partial charge in [0.05, 0.1) is 0 Å². The molecule has 0 aliphatic carbocycles. The molecule has 17 heavy (non-hydrogen) atoms. The van der Waals surface area contributed by atoms with E-state index < -0.39 is 0 Å². The summed E-state index contributed by atoms with van der Waals surface area (Å²) in [4.78, 5) is 7.71. The van der Waals surface area contributed by atoms with Crippen molar-refractivity contribution in [2.75, 3.05) is 13.2 Å². The molecule has 4 nitrogen and oxygen atoms in total. The van der Waals surface area contributed by atoms with E-state index in [-0.39, 0.29) is 6.10 Å². The molecule has 1 rings (SSSR count). The molecular formula is C13H25N3O. The SMILES string of the molecule is CCOC(CC)c1ncc(CNCC(C)C)[nH]1. The summed E-state index contributed by atoms with van der Waals surface area (Å²) < 4.78 is 5.62. The van der Waals surface area contributed by atoms with Crippen LogP contribution in [0, 0.1) is 5.92 Å². The topological polar surface area (TPSA) is 49.9 Å². The average molecular weight is 239 g/mol. The number of H-pyrrole nitrogens is 1. The first-order valence-electron chi connectivity index (χ1n) is 6.53. The third-order valence-corrected chi connectivity index (χ3v) is 2.56. The van der Waals surface area contributed by atoms with Crippen molar-refractivity contribution < 1.29 is 4.74 Å². The van der Waals surface area contributed by atoms with E-state index in [2.05, 4.69) is 36.1 Å². The Hall–Kier alpha value is -0.870.